The van der Waals surface area contributed by atoms with Crippen LogP contribution in [0.15, 0.2) is 77.3 Å². The van der Waals surface area contributed by atoms with Crippen LogP contribution in [0.1, 0.15) is 37.5 Å². The van der Waals surface area contributed by atoms with Crippen LogP contribution < -0.4 is 5.32 Å². The molecule has 8 heteroatoms. The van der Waals surface area contributed by atoms with Crippen molar-refractivity contribution in [1.82, 2.24) is 10.2 Å². The summed E-state index contributed by atoms with van der Waals surface area (Å²) in [4.78, 5) is 29.0. The molecule has 1 unspecified atom stereocenters. The lowest BCUT2D eigenvalue weighted by atomic mass is 10.0. The van der Waals surface area contributed by atoms with Crippen molar-refractivity contribution in [2.75, 3.05) is 5.75 Å². The monoisotopic (exact) mass is 620 g/mol. The quantitative estimate of drug-likeness (QED) is 0.254. The molecule has 0 bridgehead atoms. The summed E-state index contributed by atoms with van der Waals surface area (Å²) in [6, 6.07) is 22.4. The average Bonchev–Trinajstić information content (AvgIpc) is 2.84. The molecular weight excluding hydrogens is 591 g/mol. The second kappa shape index (κ2) is 13.7. The summed E-state index contributed by atoms with van der Waals surface area (Å²) in [5.41, 5.74) is 2.47. The molecule has 3 rings (SSSR count). The molecule has 37 heavy (non-hydrogen) atoms. The number of carbonyl (C=O) groups is 2. The zero-order valence-electron chi connectivity index (χ0n) is 21.1. The van der Waals surface area contributed by atoms with Crippen molar-refractivity contribution in [3.05, 3.63) is 104 Å². The first-order valence-electron chi connectivity index (χ1n) is 11.9. The maximum absolute atomic E-state index is 13.7. The van der Waals surface area contributed by atoms with Crippen molar-refractivity contribution in [2.24, 2.45) is 0 Å². The molecule has 0 aliphatic rings. The van der Waals surface area contributed by atoms with E-state index in [2.05, 4.69) is 21.2 Å². The van der Waals surface area contributed by atoms with Crippen molar-refractivity contribution in [2.45, 2.75) is 51.1 Å². The van der Waals surface area contributed by atoms with Gasteiger partial charge in [0, 0.05) is 28.7 Å². The van der Waals surface area contributed by atoms with Gasteiger partial charge < -0.3 is 10.2 Å². The number of nitrogens with zero attached hydrogens (tertiary/aromatic N) is 1. The van der Waals surface area contributed by atoms with Gasteiger partial charge in [0.25, 0.3) is 0 Å². The van der Waals surface area contributed by atoms with E-state index in [-0.39, 0.29) is 24.1 Å². The van der Waals surface area contributed by atoms with Crippen LogP contribution in [0.25, 0.3) is 0 Å². The number of hydrogen-bond donors (Lipinski definition) is 1. The molecule has 0 saturated carbocycles. The van der Waals surface area contributed by atoms with E-state index in [1.165, 1.54) is 11.8 Å². The molecule has 3 aromatic carbocycles. The Morgan fingerprint density at radius 2 is 1.57 bits per heavy atom. The highest BCUT2D eigenvalue weighted by atomic mass is 79.9. The van der Waals surface area contributed by atoms with Gasteiger partial charge in [0.05, 0.1) is 15.8 Å². The Bertz CT molecular complexity index is 1200. The zero-order valence-corrected chi connectivity index (χ0v) is 25.1. The van der Waals surface area contributed by atoms with Crippen LogP contribution in [0.4, 0.5) is 0 Å². The molecular formula is C29H31BrCl2N2O2S. The van der Waals surface area contributed by atoms with E-state index in [1.807, 2.05) is 81.4 Å². The Labute approximate surface area is 242 Å². The summed E-state index contributed by atoms with van der Waals surface area (Å²) in [5.74, 6) is 0.628. The third-order valence-electron chi connectivity index (χ3n) is 5.51. The van der Waals surface area contributed by atoms with Gasteiger partial charge in [0.15, 0.2) is 0 Å². The third-order valence-corrected chi connectivity index (χ3v) is 7.77. The SMILES string of the molecule is CC(C)(C)NC(=O)C(Cc1ccccc1)N(Cc1ccc(Cl)c(Cl)c1)C(=O)CSCc1ccc(Br)cc1. The number of amides is 2. The fourth-order valence-corrected chi connectivity index (χ4v) is 5.22. The van der Waals surface area contributed by atoms with E-state index in [0.29, 0.717) is 22.2 Å². The number of benzene rings is 3. The van der Waals surface area contributed by atoms with Gasteiger partial charge in [-0.2, -0.15) is 0 Å². The largest absolute Gasteiger partial charge is 0.350 e. The lowest BCUT2D eigenvalue weighted by Gasteiger charge is -2.34. The second-order valence-corrected chi connectivity index (χ2v) is 12.5. The van der Waals surface area contributed by atoms with Crippen molar-refractivity contribution in [3.63, 3.8) is 0 Å². The summed E-state index contributed by atoms with van der Waals surface area (Å²) >= 11 is 17.4. The molecule has 0 fully saturated rings. The molecule has 3 aromatic rings. The van der Waals surface area contributed by atoms with Crippen molar-refractivity contribution >= 4 is 62.7 Å². The minimum absolute atomic E-state index is 0.113. The van der Waals surface area contributed by atoms with Crippen LogP contribution in [-0.4, -0.2) is 34.0 Å². The fraction of sp³-hybridized carbons (Fsp3) is 0.310. The lowest BCUT2D eigenvalue weighted by Crippen LogP contribution is -2.54. The van der Waals surface area contributed by atoms with Crippen molar-refractivity contribution in [3.8, 4) is 0 Å². The highest BCUT2D eigenvalue weighted by Gasteiger charge is 2.32. The van der Waals surface area contributed by atoms with Gasteiger partial charge in [-0.05, 0) is 61.7 Å². The number of nitrogens with one attached hydrogen (secondary N) is 1. The fourth-order valence-electron chi connectivity index (χ4n) is 3.76. The van der Waals surface area contributed by atoms with Crippen molar-refractivity contribution in [1.29, 1.82) is 0 Å². The van der Waals surface area contributed by atoms with Crippen LogP contribution in [0, 0.1) is 0 Å². The number of hydrogen-bond acceptors (Lipinski definition) is 3. The molecule has 0 aromatic heterocycles. The topological polar surface area (TPSA) is 49.4 Å². The molecule has 0 saturated heterocycles. The van der Waals surface area contributed by atoms with Gasteiger partial charge in [-0.1, -0.05) is 87.7 Å². The van der Waals surface area contributed by atoms with E-state index >= 15 is 0 Å². The van der Waals surface area contributed by atoms with Gasteiger partial charge >= 0.3 is 0 Å². The average molecular weight is 622 g/mol. The van der Waals surface area contributed by atoms with Crippen LogP contribution in [0.2, 0.25) is 10.0 Å². The maximum Gasteiger partial charge on any atom is 0.243 e. The van der Waals surface area contributed by atoms with Crippen LogP contribution in [0.3, 0.4) is 0 Å². The zero-order chi connectivity index (χ0) is 27.0. The Morgan fingerprint density at radius 3 is 2.19 bits per heavy atom. The molecule has 4 nitrogen and oxygen atoms in total. The summed E-state index contributed by atoms with van der Waals surface area (Å²) in [6.45, 7) is 6.04. The highest BCUT2D eigenvalue weighted by molar-refractivity contribution is 9.10. The standard InChI is InChI=1S/C29H31BrCl2N2O2S/c1-29(2,3)33-28(36)26(16-20-7-5-4-6-8-20)34(17-22-11-14-24(31)25(32)15-22)27(35)19-37-18-21-9-12-23(30)13-10-21/h4-15,26H,16-19H2,1-3H3,(H,33,36). The van der Waals surface area contributed by atoms with Crippen LogP contribution in [-0.2, 0) is 28.3 Å². The number of carbonyl (C=O) groups excluding carboxylic acids is 2. The first-order chi connectivity index (χ1) is 17.5. The van der Waals surface area contributed by atoms with Gasteiger partial charge in [0.1, 0.15) is 6.04 Å². The summed E-state index contributed by atoms with van der Waals surface area (Å²) < 4.78 is 1.01. The van der Waals surface area contributed by atoms with Gasteiger partial charge in [0.2, 0.25) is 11.8 Å². The van der Waals surface area contributed by atoms with E-state index in [9.17, 15) is 9.59 Å². The van der Waals surface area contributed by atoms with E-state index < -0.39 is 11.6 Å². The lowest BCUT2D eigenvalue weighted by molar-refractivity contribution is -0.140. The number of thioether (sulfide) groups is 1. The van der Waals surface area contributed by atoms with Gasteiger partial charge in [-0.3, -0.25) is 9.59 Å². The normalized spacial score (nSPS) is 12.2. The molecule has 0 heterocycles. The maximum atomic E-state index is 13.7. The molecule has 0 aliphatic heterocycles. The molecule has 0 aliphatic carbocycles. The predicted octanol–water partition coefficient (Wildman–Crippen LogP) is 7.54. The van der Waals surface area contributed by atoms with Crippen LogP contribution in [0.5, 0.6) is 0 Å². The number of rotatable bonds is 10. The Hall–Kier alpha value is -1.99. The summed E-state index contributed by atoms with van der Waals surface area (Å²) in [6.07, 6.45) is 0.396. The molecule has 196 valence electrons. The van der Waals surface area contributed by atoms with Crippen LogP contribution >= 0.6 is 50.9 Å². The molecule has 0 spiro atoms. The van der Waals surface area contributed by atoms with Crippen molar-refractivity contribution < 1.29 is 9.59 Å². The second-order valence-electron chi connectivity index (χ2n) is 9.83. The molecule has 0 radical (unpaired) electrons. The predicted molar refractivity (Wildman–Crippen MR) is 159 cm³/mol. The Morgan fingerprint density at radius 1 is 0.919 bits per heavy atom. The number of halogens is 3. The first-order valence-corrected chi connectivity index (χ1v) is 14.6. The van der Waals surface area contributed by atoms with E-state index in [4.69, 9.17) is 23.2 Å². The first kappa shape index (κ1) is 29.6. The Kier molecular flexibility index (Phi) is 10.9. The minimum atomic E-state index is -0.697. The molecule has 1 atom stereocenters. The highest BCUT2D eigenvalue weighted by Crippen LogP contribution is 2.25. The smallest absolute Gasteiger partial charge is 0.243 e. The Balaban J connectivity index is 1.88. The van der Waals surface area contributed by atoms with Gasteiger partial charge in [-0.15, -0.1) is 11.8 Å². The molecule has 1 N–H and O–H groups in total. The van der Waals surface area contributed by atoms with Gasteiger partial charge in [-0.25, -0.2) is 0 Å². The third kappa shape index (κ3) is 9.68. The van der Waals surface area contributed by atoms with E-state index in [1.54, 1.807) is 17.0 Å². The summed E-state index contributed by atoms with van der Waals surface area (Å²) in [7, 11) is 0. The molecule has 2 amide bonds. The minimum Gasteiger partial charge on any atom is -0.350 e. The summed E-state index contributed by atoms with van der Waals surface area (Å²) in [5, 5.41) is 3.93. The van der Waals surface area contributed by atoms with E-state index in [0.717, 1.165) is 21.2 Å².